The van der Waals surface area contributed by atoms with Gasteiger partial charge in [0.15, 0.2) is 0 Å². The molecule has 0 unspecified atom stereocenters. The minimum absolute atomic E-state index is 0.220. The molecule has 8 heteroatoms. The highest BCUT2D eigenvalue weighted by Gasteiger charge is 2.30. The molecule has 0 fully saturated rings. The number of benzene rings is 2. The van der Waals surface area contributed by atoms with Gasteiger partial charge in [0.2, 0.25) is 0 Å². The Hall–Kier alpha value is -3.06. The minimum Gasteiger partial charge on any atom is -0.338 e. The van der Waals surface area contributed by atoms with Crippen LogP contribution in [0.1, 0.15) is 15.9 Å². The van der Waals surface area contributed by atoms with Crippen LogP contribution in [0, 0.1) is 0 Å². The Morgan fingerprint density at radius 1 is 0.963 bits per heavy atom. The third kappa shape index (κ3) is 4.57. The molecule has 1 amide bonds. The first-order chi connectivity index (χ1) is 12.8. The number of hydrogen-bond acceptors (Lipinski definition) is 3. The van der Waals surface area contributed by atoms with Gasteiger partial charge in [-0.15, -0.1) is 0 Å². The van der Waals surface area contributed by atoms with Crippen LogP contribution in [0.15, 0.2) is 66.9 Å². The van der Waals surface area contributed by atoms with E-state index in [1.807, 2.05) is 0 Å². The van der Waals surface area contributed by atoms with Crippen molar-refractivity contribution in [2.45, 2.75) is 6.18 Å². The lowest BCUT2D eigenvalue weighted by Gasteiger charge is -2.12. The summed E-state index contributed by atoms with van der Waals surface area (Å²) >= 11 is 6.10. The Labute approximate surface area is 158 Å². The van der Waals surface area contributed by atoms with Gasteiger partial charge in [-0.3, -0.25) is 4.79 Å². The number of alkyl halides is 3. The highest BCUT2D eigenvalue weighted by atomic mass is 35.5. The number of aromatic nitrogens is 1. The maximum Gasteiger partial charge on any atom is 0.416 e. The lowest BCUT2D eigenvalue weighted by Crippen LogP contribution is -2.15. The zero-order valence-corrected chi connectivity index (χ0v) is 14.5. The van der Waals surface area contributed by atoms with Crippen molar-refractivity contribution in [2.24, 2.45) is 0 Å². The molecule has 27 heavy (non-hydrogen) atoms. The van der Waals surface area contributed by atoms with E-state index in [9.17, 15) is 18.0 Å². The molecule has 0 aliphatic heterocycles. The fraction of sp³-hybridized carbons (Fsp3) is 0.0526. The zero-order valence-electron chi connectivity index (χ0n) is 13.7. The molecule has 3 rings (SSSR count). The number of nitrogens with zero attached hydrogens (tertiary/aromatic N) is 1. The molecule has 0 saturated heterocycles. The van der Waals surface area contributed by atoms with E-state index < -0.39 is 17.6 Å². The largest absolute Gasteiger partial charge is 0.416 e. The lowest BCUT2D eigenvalue weighted by molar-refractivity contribution is -0.137. The molecular formula is C19H13ClF3N3O. The minimum atomic E-state index is -4.43. The summed E-state index contributed by atoms with van der Waals surface area (Å²) in [4.78, 5) is 16.7. The van der Waals surface area contributed by atoms with Crippen molar-refractivity contribution in [3.63, 3.8) is 0 Å². The van der Waals surface area contributed by atoms with E-state index in [0.29, 0.717) is 10.7 Å². The topological polar surface area (TPSA) is 54.0 Å². The SMILES string of the molecule is O=C(Nc1ccc(C(F)(F)F)cc1)c1cccnc1Nc1ccccc1Cl. The van der Waals surface area contributed by atoms with Crippen LogP contribution in [0.4, 0.5) is 30.4 Å². The maximum atomic E-state index is 12.6. The van der Waals surface area contributed by atoms with E-state index in [4.69, 9.17) is 11.6 Å². The highest BCUT2D eigenvalue weighted by Crippen LogP contribution is 2.30. The summed E-state index contributed by atoms with van der Waals surface area (Å²) in [5, 5.41) is 6.00. The van der Waals surface area contributed by atoms with Crippen LogP contribution in [-0.2, 0) is 6.18 Å². The number of nitrogens with one attached hydrogen (secondary N) is 2. The molecule has 2 aromatic carbocycles. The average molecular weight is 392 g/mol. The van der Waals surface area contributed by atoms with Gasteiger partial charge in [-0.1, -0.05) is 23.7 Å². The standard InChI is InChI=1S/C19H13ClF3N3O/c20-15-5-1-2-6-16(15)26-17-14(4-3-11-24-17)18(27)25-13-9-7-12(8-10-13)19(21,22)23/h1-11H,(H,24,26)(H,25,27). The third-order valence-electron chi connectivity index (χ3n) is 3.65. The second-order valence-corrected chi connectivity index (χ2v) is 5.94. The molecule has 0 aliphatic rings. The Morgan fingerprint density at radius 2 is 1.67 bits per heavy atom. The van der Waals surface area contributed by atoms with Gasteiger partial charge in [0.1, 0.15) is 5.82 Å². The number of amides is 1. The van der Waals surface area contributed by atoms with Crippen molar-refractivity contribution in [1.29, 1.82) is 0 Å². The molecule has 3 aromatic rings. The zero-order chi connectivity index (χ0) is 19.4. The molecule has 0 saturated carbocycles. The normalized spacial score (nSPS) is 11.1. The van der Waals surface area contributed by atoms with Gasteiger partial charge < -0.3 is 10.6 Å². The van der Waals surface area contributed by atoms with Crippen LogP contribution < -0.4 is 10.6 Å². The molecule has 0 spiro atoms. The first kappa shape index (κ1) is 18.7. The number of anilines is 3. The Morgan fingerprint density at radius 3 is 2.33 bits per heavy atom. The van der Waals surface area contributed by atoms with E-state index >= 15 is 0 Å². The Bertz CT molecular complexity index is 959. The van der Waals surface area contributed by atoms with Crippen LogP contribution in [0.3, 0.4) is 0 Å². The van der Waals surface area contributed by atoms with Gasteiger partial charge in [0.25, 0.3) is 5.91 Å². The molecule has 0 radical (unpaired) electrons. The quantitative estimate of drug-likeness (QED) is 0.595. The van der Waals surface area contributed by atoms with E-state index in [1.165, 1.54) is 18.3 Å². The smallest absolute Gasteiger partial charge is 0.338 e. The van der Waals surface area contributed by atoms with Crippen molar-refractivity contribution in [2.75, 3.05) is 10.6 Å². The summed E-state index contributed by atoms with van der Waals surface area (Å²) in [6.45, 7) is 0. The summed E-state index contributed by atoms with van der Waals surface area (Å²) in [6.07, 6.45) is -2.92. The van der Waals surface area contributed by atoms with Crippen LogP contribution >= 0.6 is 11.6 Å². The summed E-state index contributed by atoms with van der Waals surface area (Å²) < 4.78 is 37.9. The predicted molar refractivity (Wildman–Crippen MR) is 98.4 cm³/mol. The van der Waals surface area contributed by atoms with Crippen LogP contribution in [0.25, 0.3) is 0 Å². The molecule has 4 nitrogen and oxygen atoms in total. The van der Waals surface area contributed by atoms with Crippen molar-refractivity contribution >= 4 is 34.7 Å². The summed E-state index contributed by atoms with van der Waals surface area (Å²) in [5.74, 6) is -0.243. The van der Waals surface area contributed by atoms with Crippen molar-refractivity contribution in [3.8, 4) is 0 Å². The fourth-order valence-electron chi connectivity index (χ4n) is 2.32. The lowest BCUT2D eigenvalue weighted by atomic mass is 10.2. The van der Waals surface area contributed by atoms with Crippen molar-refractivity contribution < 1.29 is 18.0 Å². The predicted octanol–water partition coefficient (Wildman–Crippen LogP) is 5.75. The average Bonchev–Trinajstić information content (AvgIpc) is 2.64. The Balaban J connectivity index is 1.80. The molecule has 0 bridgehead atoms. The second-order valence-electron chi connectivity index (χ2n) is 5.53. The fourth-order valence-corrected chi connectivity index (χ4v) is 2.50. The third-order valence-corrected chi connectivity index (χ3v) is 3.98. The second kappa shape index (κ2) is 7.67. The molecular weight excluding hydrogens is 379 g/mol. The highest BCUT2D eigenvalue weighted by molar-refractivity contribution is 6.33. The Kier molecular flexibility index (Phi) is 5.32. The first-order valence-corrected chi connectivity index (χ1v) is 8.17. The summed E-state index contributed by atoms with van der Waals surface area (Å²) in [6, 6.07) is 14.3. The maximum absolute atomic E-state index is 12.6. The monoisotopic (exact) mass is 391 g/mol. The molecule has 0 aliphatic carbocycles. The summed E-state index contributed by atoms with van der Waals surface area (Å²) in [5.41, 5.74) is 0.238. The number of halogens is 4. The van der Waals surface area contributed by atoms with E-state index in [1.54, 1.807) is 36.4 Å². The number of carbonyl (C=O) groups is 1. The van der Waals surface area contributed by atoms with Gasteiger partial charge >= 0.3 is 6.18 Å². The number of hydrogen-bond donors (Lipinski definition) is 2. The number of rotatable bonds is 4. The van der Waals surface area contributed by atoms with Gasteiger partial charge in [-0.05, 0) is 48.5 Å². The van der Waals surface area contributed by atoms with E-state index in [2.05, 4.69) is 15.6 Å². The molecule has 0 atom stereocenters. The number of pyridine rings is 1. The molecule has 1 aromatic heterocycles. The van der Waals surface area contributed by atoms with Gasteiger partial charge in [-0.25, -0.2) is 4.98 Å². The first-order valence-electron chi connectivity index (χ1n) is 7.80. The van der Waals surface area contributed by atoms with Crippen LogP contribution in [-0.4, -0.2) is 10.9 Å². The van der Waals surface area contributed by atoms with Gasteiger partial charge in [-0.2, -0.15) is 13.2 Å². The van der Waals surface area contributed by atoms with Crippen LogP contribution in [0.5, 0.6) is 0 Å². The number of carbonyl (C=O) groups excluding carboxylic acids is 1. The molecule has 2 N–H and O–H groups in total. The summed E-state index contributed by atoms with van der Waals surface area (Å²) in [7, 11) is 0. The van der Waals surface area contributed by atoms with Crippen molar-refractivity contribution in [1.82, 2.24) is 4.98 Å². The number of para-hydroxylation sites is 1. The molecule has 1 heterocycles. The van der Waals surface area contributed by atoms with Gasteiger partial charge in [0.05, 0.1) is 21.8 Å². The van der Waals surface area contributed by atoms with E-state index in [0.717, 1.165) is 12.1 Å². The van der Waals surface area contributed by atoms with Gasteiger partial charge in [0, 0.05) is 11.9 Å². The van der Waals surface area contributed by atoms with Crippen molar-refractivity contribution in [3.05, 3.63) is 83.0 Å². The molecule has 138 valence electrons. The van der Waals surface area contributed by atoms with Crippen LogP contribution in [0.2, 0.25) is 5.02 Å². The van der Waals surface area contributed by atoms with E-state index in [-0.39, 0.29) is 17.1 Å².